The number of benzene rings is 2. The Morgan fingerprint density at radius 1 is 0.943 bits per heavy atom. The van der Waals surface area contributed by atoms with Crippen LogP contribution in [0.1, 0.15) is 70.4 Å². The van der Waals surface area contributed by atoms with Crippen molar-refractivity contribution in [2.24, 2.45) is 5.92 Å². The van der Waals surface area contributed by atoms with Crippen molar-refractivity contribution in [1.82, 2.24) is 10.2 Å². The number of carbonyl (C=O) groups is 2. The minimum atomic E-state index is -0.533. The molecule has 0 spiro atoms. The average molecular weight is 479 g/mol. The fraction of sp³-hybridized carbons (Fsp3) is 0.533. The summed E-state index contributed by atoms with van der Waals surface area (Å²) in [5.74, 6) is -0.107. The highest BCUT2D eigenvalue weighted by atomic mass is 16.6. The summed E-state index contributed by atoms with van der Waals surface area (Å²) in [5.41, 5.74) is 2.14. The lowest BCUT2D eigenvalue weighted by Crippen LogP contribution is -2.48. The molecule has 1 aliphatic rings. The van der Waals surface area contributed by atoms with Gasteiger partial charge in [-0.05, 0) is 83.3 Å². The van der Waals surface area contributed by atoms with Crippen LogP contribution >= 0.6 is 0 Å². The van der Waals surface area contributed by atoms with Gasteiger partial charge in [-0.25, -0.2) is 4.79 Å². The highest BCUT2D eigenvalue weighted by molar-refractivity contribution is 5.80. The number of amides is 2. The lowest BCUT2D eigenvalue weighted by atomic mass is 9.95. The van der Waals surface area contributed by atoms with Crippen molar-refractivity contribution in [3.63, 3.8) is 0 Å². The van der Waals surface area contributed by atoms with E-state index in [2.05, 4.69) is 53.8 Å². The third kappa shape index (κ3) is 9.75. The van der Waals surface area contributed by atoms with Crippen LogP contribution in [0, 0.1) is 5.92 Å². The van der Waals surface area contributed by atoms with E-state index in [1.807, 2.05) is 32.9 Å². The van der Waals surface area contributed by atoms with Crippen LogP contribution in [0.2, 0.25) is 0 Å². The van der Waals surface area contributed by atoms with Crippen LogP contribution in [0.5, 0.6) is 0 Å². The van der Waals surface area contributed by atoms with Gasteiger partial charge >= 0.3 is 6.09 Å². The Balaban J connectivity index is 1.54. The van der Waals surface area contributed by atoms with Crippen LogP contribution in [-0.2, 0) is 22.4 Å². The van der Waals surface area contributed by atoms with Gasteiger partial charge in [-0.15, -0.1) is 0 Å². The minimum absolute atomic E-state index is 0.0719. The van der Waals surface area contributed by atoms with Crippen molar-refractivity contribution in [2.75, 3.05) is 13.1 Å². The molecule has 5 nitrogen and oxygen atoms in total. The molecule has 0 aliphatic carbocycles. The van der Waals surface area contributed by atoms with Crippen molar-refractivity contribution in [3.05, 3.63) is 71.8 Å². The fourth-order valence-corrected chi connectivity index (χ4v) is 4.69. The number of hydrogen-bond acceptors (Lipinski definition) is 3. The monoisotopic (exact) mass is 478 g/mol. The first-order valence-corrected chi connectivity index (χ1v) is 13.2. The quantitative estimate of drug-likeness (QED) is 0.445. The number of nitrogens with one attached hydrogen (secondary N) is 1. The van der Waals surface area contributed by atoms with Gasteiger partial charge in [0.2, 0.25) is 5.91 Å². The molecule has 0 saturated carbocycles. The molecule has 1 heterocycles. The van der Waals surface area contributed by atoms with Crippen molar-refractivity contribution in [2.45, 2.75) is 83.8 Å². The zero-order valence-corrected chi connectivity index (χ0v) is 21.7. The Morgan fingerprint density at radius 2 is 1.49 bits per heavy atom. The Morgan fingerprint density at radius 3 is 2.00 bits per heavy atom. The first-order chi connectivity index (χ1) is 16.8. The first-order valence-electron chi connectivity index (χ1n) is 13.2. The number of hydrogen-bond donors (Lipinski definition) is 1. The van der Waals surface area contributed by atoms with Gasteiger partial charge in [0.05, 0.1) is 5.92 Å². The van der Waals surface area contributed by atoms with E-state index in [1.165, 1.54) is 11.1 Å². The second kappa shape index (κ2) is 13.3. The zero-order chi connectivity index (χ0) is 25.1. The third-order valence-electron chi connectivity index (χ3n) is 6.51. The molecule has 1 unspecified atom stereocenters. The van der Waals surface area contributed by atoms with Crippen LogP contribution in [0.25, 0.3) is 0 Å². The number of ether oxygens (including phenoxy) is 1. The molecule has 1 aliphatic heterocycles. The summed E-state index contributed by atoms with van der Waals surface area (Å²) in [6, 6.07) is 21.2. The molecule has 1 fully saturated rings. The van der Waals surface area contributed by atoms with Gasteiger partial charge in [0, 0.05) is 19.1 Å². The number of likely N-dealkylation sites (tertiary alicyclic amines) is 1. The second-order valence-corrected chi connectivity index (χ2v) is 10.7. The first kappa shape index (κ1) is 26.8. The lowest BCUT2D eigenvalue weighted by molar-refractivity contribution is -0.127. The minimum Gasteiger partial charge on any atom is -0.444 e. The number of piperidine rings is 1. The Labute approximate surface area is 211 Å². The molecule has 35 heavy (non-hydrogen) atoms. The molecule has 3 rings (SSSR count). The number of carbonyl (C=O) groups excluding carboxylic acids is 2. The van der Waals surface area contributed by atoms with Crippen LogP contribution in [-0.4, -0.2) is 41.6 Å². The van der Waals surface area contributed by atoms with Gasteiger partial charge in [-0.3, -0.25) is 4.79 Å². The van der Waals surface area contributed by atoms with Crippen molar-refractivity contribution in [1.29, 1.82) is 0 Å². The summed E-state index contributed by atoms with van der Waals surface area (Å²) in [6.45, 7) is 6.69. The van der Waals surface area contributed by atoms with Crippen LogP contribution in [0.3, 0.4) is 0 Å². The second-order valence-electron chi connectivity index (χ2n) is 10.7. The van der Waals surface area contributed by atoms with E-state index < -0.39 is 5.60 Å². The molecule has 5 heteroatoms. The maximum absolute atomic E-state index is 13.2. The van der Waals surface area contributed by atoms with E-state index in [9.17, 15) is 9.59 Å². The van der Waals surface area contributed by atoms with Crippen LogP contribution in [0.15, 0.2) is 60.7 Å². The molecule has 2 aromatic rings. The largest absolute Gasteiger partial charge is 0.444 e. The fourth-order valence-electron chi connectivity index (χ4n) is 4.69. The zero-order valence-electron chi connectivity index (χ0n) is 21.7. The number of rotatable bonds is 10. The molecular weight excluding hydrogens is 436 g/mol. The highest BCUT2D eigenvalue weighted by Gasteiger charge is 2.31. The van der Waals surface area contributed by atoms with Crippen molar-refractivity contribution >= 4 is 12.0 Å². The van der Waals surface area contributed by atoms with Gasteiger partial charge in [0.25, 0.3) is 0 Å². The molecule has 0 aromatic heterocycles. The SMILES string of the molecule is CC(C)(C)OC(=O)N1CCCC(C(=O)NC(CCCc2ccccc2)CCCc2ccccc2)C1. The maximum atomic E-state index is 13.2. The standard InChI is InChI=1S/C30H42N2O3/c1-30(2,3)35-29(34)32-22-12-19-26(23-32)28(33)31-27(20-10-17-24-13-6-4-7-14-24)21-11-18-25-15-8-5-9-16-25/h4-9,13-16,26-27H,10-12,17-23H2,1-3H3,(H,31,33). The number of aryl methyl sites for hydroxylation is 2. The van der Waals surface area contributed by atoms with Gasteiger partial charge in [-0.1, -0.05) is 60.7 Å². The molecule has 1 atom stereocenters. The predicted octanol–water partition coefficient (Wildman–Crippen LogP) is 6.16. The normalized spacial score (nSPS) is 16.2. The Kier molecular flexibility index (Phi) is 10.2. The van der Waals surface area contributed by atoms with Crippen molar-refractivity contribution in [3.8, 4) is 0 Å². The molecule has 0 radical (unpaired) electrons. The highest BCUT2D eigenvalue weighted by Crippen LogP contribution is 2.21. The van der Waals surface area contributed by atoms with E-state index in [0.717, 1.165) is 51.4 Å². The summed E-state index contributed by atoms with van der Waals surface area (Å²) in [4.78, 5) is 27.5. The van der Waals surface area contributed by atoms with E-state index in [-0.39, 0.29) is 24.0 Å². The van der Waals surface area contributed by atoms with E-state index in [4.69, 9.17) is 4.74 Å². The van der Waals surface area contributed by atoms with Crippen LogP contribution < -0.4 is 5.32 Å². The molecule has 0 bridgehead atoms. The van der Waals surface area contributed by atoms with Crippen molar-refractivity contribution < 1.29 is 14.3 Å². The molecule has 1 saturated heterocycles. The van der Waals surface area contributed by atoms with Gasteiger partial charge in [0.15, 0.2) is 0 Å². The molecule has 1 N–H and O–H groups in total. The summed E-state index contributed by atoms with van der Waals surface area (Å²) in [6.07, 6.45) is 7.33. The number of nitrogens with zero attached hydrogens (tertiary/aromatic N) is 1. The summed E-state index contributed by atoms with van der Waals surface area (Å²) in [7, 11) is 0. The maximum Gasteiger partial charge on any atom is 0.410 e. The Hall–Kier alpha value is -2.82. The van der Waals surface area contributed by atoms with Gasteiger partial charge in [0.1, 0.15) is 5.60 Å². The predicted molar refractivity (Wildman–Crippen MR) is 141 cm³/mol. The summed E-state index contributed by atoms with van der Waals surface area (Å²) < 4.78 is 5.53. The third-order valence-corrected chi connectivity index (χ3v) is 6.51. The molecule has 2 amide bonds. The van der Waals surface area contributed by atoms with E-state index >= 15 is 0 Å². The lowest BCUT2D eigenvalue weighted by Gasteiger charge is -2.34. The average Bonchev–Trinajstić information content (AvgIpc) is 2.84. The van der Waals surface area contributed by atoms with Crippen LogP contribution in [0.4, 0.5) is 4.79 Å². The summed E-state index contributed by atoms with van der Waals surface area (Å²) >= 11 is 0. The topological polar surface area (TPSA) is 58.6 Å². The van der Waals surface area contributed by atoms with E-state index in [1.54, 1.807) is 4.90 Å². The van der Waals surface area contributed by atoms with E-state index in [0.29, 0.717) is 13.1 Å². The van der Waals surface area contributed by atoms with Gasteiger partial charge < -0.3 is 15.0 Å². The molecular formula is C30H42N2O3. The Bertz CT molecular complexity index is 863. The molecule has 190 valence electrons. The smallest absolute Gasteiger partial charge is 0.410 e. The molecule has 2 aromatic carbocycles. The summed E-state index contributed by atoms with van der Waals surface area (Å²) in [5, 5.41) is 3.35. The van der Waals surface area contributed by atoms with Gasteiger partial charge in [-0.2, -0.15) is 0 Å².